The van der Waals surface area contributed by atoms with Crippen LogP contribution < -0.4 is 0 Å². The molecular weight excluding hydrogens is 172 g/mol. The second kappa shape index (κ2) is 4.77. The Labute approximate surface area is 86.6 Å². The Morgan fingerprint density at radius 2 is 1.64 bits per heavy atom. The summed E-state index contributed by atoms with van der Waals surface area (Å²) >= 11 is 0. The van der Waals surface area contributed by atoms with Crippen molar-refractivity contribution in [3.05, 3.63) is 11.6 Å². The van der Waals surface area contributed by atoms with Gasteiger partial charge in [0.05, 0.1) is 0 Å². The highest BCUT2D eigenvalue weighted by Crippen LogP contribution is 2.28. The van der Waals surface area contributed by atoms with Gasteiger partial charge in [0.25, 0.3) is 0 Å². The number of hydrogen-bond donors (Lipinski definition) is 0. The normalized spacial score (nSPS) is 28.3. The molecule has 0 bridgehead atoms. The Morgan fingerprint density at radius 3 is 2.36 bits per heavy atom. The summed E-state index contributed by atoms with van der Waals surface area (Å²) in [6.45, 7) is 0. The topological polar surface area (TPSA) is 17.1 Å². The van der Waals surface area contributed by atoms with Crippen molar-refractivity contribution in [3.63, 3.8) is 0 Å². The molecule has 0 saturated heterocycles. The Hall–Kier alpha value is -0.590. The first-order valence-corrected chi connectivity index (χ1v) is 6.10. The molecule has 0 atom stereocenters. The number of allylic oxidation sites excluding steroid dienone is 2. The lowest BCUT2D eigenvalue weighted by molar-refractivity contribution is -0.116. The van der Waals surface area contributed by atoms with E-state index in [1.165, 1.54) is 38.5 Å². The van der Waals surface area contributed by atoms with Crippen LogP contribution in [0.2, 0.25) is 0 Å². The highest BCUT2D eigenvalue weighted by molar-refractivity contribution is 5.95. The van der Waals surface area contributed by atoms with E-state index in [0.29, 0.717) is 5.78 Å². The lowest BCUT2D eigenvalue weighted by Crippen LogP contribution is -2.11. The summed E-state index contributed by atoms with van der Waals surface area (Å²) in [5.74, 6) is 1.16. The zero-order valence-electron chi connectivity index (χ0n) is 8.93. The van der Waals surface area contributed by atoms with Crippen LogP contribution in [0.1, 0.15) is 57.8 Å². The molecule has 0 aromatic heterocycles. The van der Waals surface area contributed by atoms with Crippen LogP contribution in [0.3, 0.4) is 0 Å². The van der Waals surface area contributed by atoms with Gasteiger partial charge in [-0.2, -0.15) is 0 Å². The molecule has 2 aliphatic rings. The van der Waals surface area contributed by atoms with Gasteiger partial charge < -0.3 is 0 Å². The number of rotatable bonds is 1. The van der Waals surface area contributed by atoms with E-state index in [0.717, 1.165) is 30.8 Å². The molecule has 0 heterocycles. The fourth-order valence-electron chi connectivity index (χ4n) is 2.66. The molecule has 0 spiro atoms. The Morgan fingerprint density at radius 1 is 0.929 bits per heavy atom. The van der Waals surface area contributed by atoms with Crippen LogP contribution in [0.5, 0.6) is 0 Å². The summed E-state index contributed by atoms with van der Waals surface area (Å²) in [6.07, 6.45) is 13.3. The minimum atomic E-state index is 0.432. The molecule has 1 nitrogen and oxygen atoms in total. The molecule has 0 N–H and O–H groups in total. The first-order valence-electron chi connectivity index (χ1n) is 6.10. The molecular formula is C13H20O. The Balaban J connectivity index is 1.96. The number of ketones is 1. The van der Waals surface area contributed by atoms with Crippen molar-refractivity contribution in [2.24, 2.45) is 5.92 Å². The molecule has 1 heteroatoms. The maximum Gasteiger partial charge on any atom is 0.158 e. The van der Waals surface area contributed by atoms with Gasteiger partial charge in [-0.3, -0.25) is 4.79 Å². The van der Waals surface area contributed by atoms with Gasteiger partial charge in [0.15, 0.2) is 5.78 Å². The molecule has 2 saturated carbocycles. The van der Waals surface area contributed by atoms with Crippen LogP contribution >= 0.6 is 0 Å². The summed E-state index contributed by atoms with van der Waals surface area (Å²) in [4.78, 5) is 11.6. The molecule has 78 valence electrons. The minimum absolute atomic E-state index is 0.432. The van der Waals surface area contributed by atoms with Crippen LogP contribution in [-0.4, -0.2) is 5.78 Å². The second-order valence-electron chi connectivity index (χ2n) is 4.72. The van der Waals surface area contributed by atoms with E-state index < -0.39 is 0 Å². The summed E-state index contributed by atoms with van der Waals surface area (Å²) in [5.41, 5.74) is 1.16. The van der Waals surface area contributed by atoms with E-state index in [2.05, 4.69) is 6.08 Å². The fraction of sp³-hybridized carbons (Fsp3) is 0.769. The SMILES string of the molecule is O=C1CCCC/C1=C\C1CCCCC1. The number of hydrogen-bond acceptors (Lipinski definition) is 1. The van der Waals surface area contributed by atoms with Crippen molar-refractivity contribution in [1.82, 2.24) is 0 Å². The van der Waals surface area contributed by atoms with Crippen molar-refractivity contribution < 1.29 is 4.79 Å². The Kier molecular flexibility index (Phi) is 3.39. The number of Topliss-reactive ketones (excluding diaryl/α,β-unsaturated/α-hetero) is 1. The number of carbonyl (C=O) groups is 1. The number of carbonyl (C=O) groups excluding carboxylic acids is 1. The van der Waals surface area contributed by atoms with Crippen LogP contribution in [0.25, 0.3) is 0 Å². The molecule has 0 aromatic rings. The van der Waals surface area contributed by atoms with Gasteiger partial charge >= 0.3 is 0 Å². The third-order valence-electron chi connectivity index (χ3n) is 3.54. The van der Waals surface area contributed by atoms with Gasteiger partial charge in [-0.15, -0.1) is 0 Å². The summed E-state index contributed by atoms with van der Waals surface area (Å²) in [7, 11) is 0. The molecule has 2 rings (SSSR count). The van der Waals surface area contributed by atoms with Crippen molar-refractivity contribution in [2.45, 2.75) is 57.8 Å². The van der Waals surface area contributed by atoms with Crippen LogP contribution in [0.15, 0.2) is 11.6 Å². The van der Waals surface area contributed by atoms with E-state index in [9.17, 15) is 4.79 Å². The molecule has 0 amide bonds. The lowest BCUT2D eigenvalue weighted by Gasteiger charge is -2.21. The van der Waals surface area contributed by atoms with E-state index >= 15 is 0 Å². The standard InChI is InChI=1S/C13H20O/c14-13-9-5-4-8-12(13)10-11-6-2-1-3-7-11/h10-11H,1-9H2/b12-10+. The highest BCUT2D eigenvalue weighted by atomic mass is 16.1. The van der Waals surface area contributed by atoms with Gasteiger partial charge in [-0.05, 0) is 43.6 Å². The maximum atomic E-state index is 11.6. The second-order valence-corrected chi connectivity index (χ2v) is 4.72. The van der Waals surface area contributed by atoms with E-state index in [4.69, 9.17) is 0 Å². The minimum Gasteiger partial charge on any atom is -0.295 e. The predicted octanol–water partition coefficient (Wildman–Crippen LogP) is 3.64. The van der Waals surface area contributed by atoms with Gasteiger partial charge in [0.2, 0.25) is 0 Å². The zero-order valence-corrected chi connectivity index (χ0v) is 8.93. The van der Waals surface area contributed by atoms with Crippen LogP contribution in [0, 0.1) is 5.92 Å². The third-order valence-corrected chi connectivity index (χ3v) is 3.54. The largest absolute Gasteiger partial charge is 0.295 e. The van der Waals surface area contributed by atoms with Gasteiger partial charge in [-0.25, -0.2) is 0 Å². The van der Waals surface area contributed by atoms with E-state index in [1.54, 1.807) is 0 Å². The van der Waals surface area contributed by atoms with E-state index in [1.807, 2.05) is 0 Å². The van der Waals surface area contributed by atoms with Crippen molar-refractivity contribution >= 4 is 5.78 Å². The van der Waals surface area contributed by atoms with Gasteiger partial charge in [0.1, 0.15) is 0 Å². The molecule has 0 aromatic carbocycles. The molecule has 0 unspecified atom stereocenters. The predicted molar refractivity (Wildman–Crippen MR) is 58.1 cm³/mol. The van der Waals surface area contributed by atoms with Gasteiger partial charge in [0, 0.05) is 6.42 Å². The smallest absolute Gasteiger partial charge is 0.158 e. The zero-order chi connectivity index (χ0) is 9.80. The average Bonchev–Trinajstić information content (AvgIpc) is 2.23. The summed E-state index contributed by atoms with van der Waals surface area (Å²) < 4.78 is 0. The average molecular weight is 192 g/mol. The first kappa shape index (κ1) is 9.95. The van der Waals surface area contributed by atoms with Crippen LogP contribution in [-0.2, 0) is 4.79 Å². The quantitative estimate of drug-likeness (QED) is 0.580. The first-order chi connectivity index (χ1) is 6.86. The molecule has 2 aliphatic carbocycles. The molecule has 14 heavy (non-hydrogen) atoms. The van der Waals surface area contributed by atoms with Crippen LogP contribution in [0.4, 0.5) is 0 Å². The molecule has 0 radical (unpaired) electrons. The Bertz CT molecular complexity index is 234. The van der Waals surface area contributed by atoms with Crippen molar-refractivity contribution in [2.75, 3.05) is 0 Å². The van der Waals surface area contributed by atoms with Gasteiger partial charge in [-0.1, -0.05) is 25.3 Å². The van der Waals surface area contributed by atoms with E-state index in [-0.39, 0.29) is 0 Å². The maximum absolute atomic E-state index is 11.6. The third kappa shape index (κ3) is 2.46. The monoisotopic (exact) mass is 192 g/mol. The lowest BCUT2D eigenvalue weighted by atomic mass is 9.84. The van der Waals surface area contributed by atoms with Crippen molar-refractivity contribution in [3.8, 4) is 0 Å². The molecule has 0 aliphatic heterocycles. The fourth-order valence-corrected chi connectivity index (χ4v) is 2.66. The van der Waals surface area contributed by atoms with Crippen molar-refractivity contribution in [1.29, 1.82) is 0 Å². The summed E-state index contributed by atoms with van der Waals surface area (Å²) in [6, 6.07) is 0. The molecule has 2 fully saturated rings. The summed E-state index contributed by atoms with van der Waals surface area (Å²) in [5, 5.41) is 0. The highest BCUT2D eigenvalue weighted by Gasteiger charge is 2.18.